The summed E-state index contributed by atoms with van der Waals surface area (Å²) in [5, 5.41) is 9.97. The first-order chi connectivity index (χ1) is 8.23. The fourth-order valence-electron chi connectivity index (χ4n) is 3.30. The molecule has 0 radical (unpaired) electrons. The molecule has 0 bridgehead atoms. The van der Waals surface area contributed by atoms with Gasteiger partial charge in [-0.05, 0) is 31.6 Å². The maximum Gasteiger partial charge on any atom is 0.0680 e. The number of ether oxygens (including phenoxy) is 2. The van der Waals surface area contributed by atoms with Crippen LogP contribution >= 0.6 is 0 Å². The van der Waals surface area contributed by atoms with Gasteiger partial charge >= 0.3 is 0 Å². The maximum atomic E-state index is 9.97. The molecule has 3 nitrogen and oxygen atoms in total. The van der Waals surface area contributed by atoms with Crippen LogP contribution in [0.5, 0.6) is 0 Å². The van der Waals surface area contributed by atoms with E-state index in [0.29, 0.717) is 5.92 Å². The molecule has 0 aromatic carbocycles. The minimum absolute atomic E-state index is 0.0329. The fourth-order valence-corrected chi connectivity index (χ4v) is 3.30. The Hall–Kier alpha value is -0.120. The second-order valence-corrected chi connectivity index (χ2v) is 5.57. The fraction of sp³-hybridized carbons (Fsp3) is 1.00. The van der Waals surface area contributed by atoms with Crippen LogP contribution in [0, 0.1) is 11.3 Å². The number of rotatable bonds is 5. The van der Waals surface area contributed by atoms with Gasteiger partial charge in [-0.25, -0.2) is 0 Å². The van der Waals surface area contributed by atoms with Gasteiger partial charge < -0.3 is 14.6 Å². The highest BCUT2D eigenvalue weighted by Gasteiger charge is 2.52. The summed E-state index contributed by atoms with van der Waals surface area (Å²) in [4.78, 5) is 0. The minimum atomic E-state index is -0.155. The van der Waals surface area contributed by atoms with Crippen LogP contribution in [0.1, 0.15) is 46.0 Å². The Labute approximate surface area is 104 Å². The molecule has 2 rings (SSSR count). The molecule has 3 heteroatoms. The summed E-state index contributed by atoms with van der Waals surface area (Å²) >= 11 is 0. The molecule has 0 aromatic rings. The predicted octanol–water partition coefficient (Wildman–Crippen LogP) is 2.37. The van der Waals surface area contributed by atoms with Crippen LogP contribution in [0.4, 0.5) is 0 Å². The van der Waals surface area contributed by atoms with Crippen LogP contribution in [0.2, 0.25) is 0 Å². The van der Waals surface area contributed by atoms with E-state index in [4.69, 9.17) is 9.47 Å². The highest BCUT2D eigenvalue weighted by molar-refractivity contribution is 5.02. The van der Waals surface area contributed by atoms with Gasteiger partial charge in [0.2, 0.25) is 0 Å². The molecule has 2 aliphatic rings. The zero-order valence-corrected chi connectivity index (χ0v) is 11.2. The molecule has 0 amide bonds. The van der Waals surface area contributed by atoms with E-state index in [-0.39, 0.29) is 17.6 Å². The van der Waals surface area contributed by atoms with Gasteiger partial charge in [-0.2, -0.15) is 0 Å². The molecule has 1 saturated heterocycles. The summed E-state index contributed by atoms with van der Waals surface area (Å²) in [6, 6.07) is 0. The number of aliphatic hydroxyl groups is 1. The molecule has 1 aliphatic carbocycles. The smallest absolute Gasteiger partial charge is 0.0680 e. The molecule has 0 spiro atoms. The Kier molecular flexibility index (Phi) is 4.45. The zero-order chi connectivity index (χ0) is 12.3. The Morgan fingerprint density at radius 2 is 1.88 bits per heavy atom. The second kappa shape index (κ2) is 5.68. The quantitative estimate of drug-likeness (QED) is 0.804. The molecule has 1 saturated carbocycles. The third-order valence-corrected chi connectivity index (χ3v) is 4.93. The first kappa shape index (κ1) is 13.3. The van der Waals surface area contributed by atoms with Gasteiger partial charge in [0.1, 0.15) is 0 Å². The van der Waals surface area contributed by atoms with Crippen molar-refractivity contribution in [1.82, 2.24) is 0 Å². The van der Waals surface area contributed by atoms with Crippen LogP contribution in [-0.4, -0.2) is 37.1 Å². The largest absolute Gasteiger partial charge is 0.392 e. The summed E-state index contributed by atoms with van der Waals surface area (Å²) < 4.78 is 11.4. The van der Waals surface area contributed by atoms with Gasteiger partial charge in [0.25, 0.3) is 0 Å². The highest BCUT2D eigenvalue weighted by Crippen LogP contribution is 2.49. The lowest BCUT2D eigenvalue weighted by Gasteiger charge is -2.53. The zero-order valence-electron chi connectivity index (χ0n) is 11.2. The van der Waals surface area contributed by atoms with Crippen LogP contribution in [0.25, 0.3) is 0 Å². The van der Waals surface area contributed by atoms with E-state index >= 15 is 0 Å². The van der Waals surface area contributed by atoms with E-state index in [1.54, 1.807) is 0 Å². The average molecular weight is 242 g/mol. The first-order valence-electron chi connectivity index (χ1n) is 7.10. The molecule has 2 fully saturated rings. The van der Waals surface area contributed by atoms with Crippen molar-refractivity contribution < 1.29 is 14.6 Å². The SMILES string of the molecule is CCC1(CC)C(O)CC1OCC1CCOCC1. The van der Waals surface area contributed by atoms with Crippen molar-refractivity contribution in [2.24, 2.45) is 11.3 Å². The standard InChI is InChI=1S/C14H26O3/c1-3-14(4-2)12(15)9-13(14)17-10-11-5-7-16-8-6-11/h11-13,15H,3-10H2,1-2H3. The molecule has 2 unspecified atom stereocenters. The molecular weight excluding hydrogens is 216 g/mol. The van der Waals surface area contributed by atoms with Crippen LogP contribution in [-0.2, 0) is 9.47 Å². The maximum absolute atomic E-state index is 9.97. The molecule has 1 heterocycles. The van der Waals surface area contributed by atoms with Crippen LogP contribution in [0.15, 0.2) is 0 Å². The summed E-state index contributed by atoms with van der Waals surface area (Å²) in [6.45, 7) is 6.94. The van der Waals surface area contributed by atoms with E-state index in [1.807, 2.05) is 0 Å². The van der Waals surface area contributed by atoms with Gasteiger partial charge in [-0.3, -0.25) is 0 Å². The lowest BCUT2D eigenvalue weighted by Crippen LogP contribution is -2.57. The Bertz CT molecular complexity index is 232. The summed E-state index contributed by atoms with van der Waals surface area (Å²) in [6.07, 6.45) is 5.23. The Balaban J connectivity index is 1.79. The third-order valence-electron chi connectivity index (χ3n) is 4.93. The van der Waals surface area contributed by atoms with Gasteiger partial charge in [-0.15, -0.1) is 0 Å². The minimum Gasteiger partial charge on any atom is -0.392 e. The van der Waals surface area contributed by atoms with Crippen molar-refractivity contribution in [2.45, 2.75) is 58.2 Å². The van der Waals surface area contributed by atoms with Crippen molar-refractivity contribution in [2.75, 3.05) is 19.8 Å². The van der Waals surface area contributed by atoms with Crippen molar-refractivity contribution in [3.8, 4) is 0 Å². The molecule has 1 N–H and O–H groups in total. The van der Waals surface area contributed by atoms with Gasteiger partial charge in [0.15, 0.2) is 0 Å². The lowest BCUT2D eigenvalue weighted by atomic mass is 9.60. The summed E-state index contributed by atoms with van der Waals surface area (Å²) in [7, 11) is 0. The van der Waals surface area contributed by atoms with Gasteiger partial charge in [0, 0.05) is 31.7 Å². The highest BCUT2D eigenvalue weighted by atomic mass is 16.5. The summed E-state index contributed by atoms with van der Waals surface area (Å²) in [5.74, 6) is 0.660. The summed E-state index contributed by atoms with van der Waals surface area (Å²) in [5.41, 5.74) is 0.0329. The van der Waals surface area contributed by atoms with E-state index in [1.165, 1.54) is 0 Å². The number of aliphatic hydroxyl groups excluding tert-OH is 1. The van der Waals surface area contributed by atoms with Crippen molar-refractivity contribution in [1.29, 1.82) is 0 Å². The third kappa shape index (κ3) is 2.51. The monoisotopic (exact) mass is 242 g/mol. The topological polar surface area (TPSA) is 38.7 Å². The molecule has 2 atom stereocenters. The lowest BCUT2D eigenvalue weighted by molar-refractivity contribution is -0.202. The molecular formula is C14H26O3. The number of hydrogen-bond donors (Lipinski definition) is 1. The average Bonchev–Trinajstić information content (AvgIpc) is 2.37. The Morgan fingerprint density at radius 1 is 1.24 bits per heavy atom. The van der Waals surface area contributed by atoms with Gasteiger partial charge in [0.05, 0.1) is 12.2 Å². The van der Waals surface area contributed by atoms with E-state index < -0.39 is 0 Å². The first-order valence-corrected chi connectivity index (χ1v) is 7.10. The second-order valence-electron chi connectivity index (χ2n) is 5.57. The van der Waals surface area contributed by atoms with Gasteiger partial charge in [-0.1, -0.05) is 13.8 Å². The van der Waals surface area contributed by atoms with E-state index in [0.717, 1.165) is 51.9 Å². The van der Waals surface area contributed by atoms with Crippen molar-refractivity contribution in [3.63, 3.8) is 0 Å². The normalized spacial score (nSPS) is 33.4. The van der Waals surface area contributed by atoms with E-state index in [9.17, 15) is 5.11 Å². The molecule has 0 aromatic heterocycles. The van der Waals surface area contributed by atoms with Crippen molar-refractivity contribution >= 4 is 0 Å². The molecule has 17 heavy (non-hydrogen) atoms. The van der Waals surface area contributed by atoms with E-state index in [2.05, 4.69) is 13.8 Å². The van der Waals surface area contributed by atoms with Crippen LogP contribution < -0.4 is 0 Å². The molecule has 1 aliphatic heterocycles. The Morgan fingerprint density at radius 3 is 2.41 bits per heavy atom. The molecule has 100 valence electrons. The predicted molar refractivity (Wildman–Crippen MR) is 66.9 cm³/mol. The van der Waals surface area contributed by atoms with Crippen LogP contribution in [0.3, 0.4) is 0 Å². The number of hydrogen-bond acceptors (Lipinski definition) is 3. The van der Waals surface area contributed by atoms with Crippen molar-refractivity contribution in [3.05, 3.63) is 0 Å².